The molecule has 2 aromatic carbocycles. The molecule has 0 amide bonds. The predicted octanol–water partition coefficient (Wildman–Crippen LogP) is 5.71. The molecule has 2 aromatic heterocycles. The fourth-order valence-corrected chi connectivity index (χ4v) is 5.47. The number of hydrogen-bond donors (Lipinski definition) is 2. The highest BCUT2D eigenvalue weighted by Crippen LogP contribution is 2.31. The Labute approximate surface area is 206 Å². The van der Waals surface area contributed by atoms with Crippen molar-refractivity contribution in [3.05, 3.63) is 76.0 Å². The molecule has 0 spiro atoms. The van der Waals surface area contributed by atoms with E-state index in [1.807, 2.05) is 22.8 Å². The average molecular weight is 471 g/mol. The van der Waals surface area contributed by atoms with Gasteiger partial charge in [0, 0.05) is 17.0 Å². The van der Waals surface area contributed by atoms with E-state index in [2.05, 4.69) is 69.8 Å². The maximum atomic E-state index is 13.1. The summed E-state index contributed by atoms with van der Waals surface area (Å²) in [7, 11) is 0. The van der Waals surface area contributed by atoms with Gasteiger partial charge in [0.05, 0.1) is 6.54 Å². The molecule has 1 fully saturated rings. The van der Waals surface area contributed by atoms with Gasteiger partial charge >= 0.3 is 5.69 Å². The smallest absolute Gasteiger partial charge is 0.310 e. The van der Waals surface area contributed by atoms with Crippen molar-refractivity contribution < 1.29 is 0 Å². The summed E-state index contributed by atoms with van der Waals surface area (Å²) in [6.07, 6.45) is 8.55. The van der Waals surface area contributed by atoms with Crippen LogP contribution in [0.1, 0.15) is 75.2 Å². The number of benzene rings is 2. The second kappa shape index (κ2) is 10.4. The monoisotopic (exact) mass is 470 g/mol. The summed E-state index contributed by atoms with van der Waals surface area (Å²) in [6.45, 7) is 5.02. The molecule has 0 saturated heterocycles. The lowest BCUT2D eigenvalue weighted by Crippen LogP contribution is -2.20. The number of aromatic nitrogens is 6. The molecule has 4 aromatic rings. The quantitative estimate of drug-likeness (QED) is 0.345. The van der Waals surface area contributed by atoms with Gasteiger partial charge in [0.25, 0.3) is 0 Å². The molecule has 2 N–H and O–H groups in total. The molecule has 1 aliphatic rings. The van der Waals surface area contributed by atoms with Crippen molar-refractivity contribution in [2.24, 2.45) is 5.92 Å². The van der Waals surface area contributed by atoms with Crippen LogP contribution >= 0.6 is 0 Å². The van der Waals surface area contributed by atoms with Gasteiger partial charge in [0.2, 0.25) is 0 Å². The van der Waals surface area contributed by atoms with Gasteiger partial charge < -0.3 is 4.98 Å². The van der Waals surface area contributed by atoms with Crippen LogP contribution in [-0.2, 0) is 13.0 Å². The van der Waals surface area contributed by atoms with Crippen LogP contribution in [0.2, 0.25) is 0 Å². The molecule has 0 radical (unpaired) electrons. The fourth-order valence-electron chi connectivity index (χ4n) is 5.47. The van der Waals surface area contributed by atoms with Crippen LogP contribution in [0.15, 0.2) is 53.3 Å². The van der Waals surface area contributed by atoms with Crippen LogP contribution in [0.5, 0.6) is 0 Å². The van der Waals surface area contributed by atoms with Gasteiger partial charge in [0.15, 0.2) is 5.82 Å². The van der Waals surface area contributed by atoms with Crippen molar-refractivity contribution in [2.45, 2.75) is 71.3 Å². The van der Waals surface area contributed by atoms with Crippen molar-refractivity contribution in [3.63, 3.8) is 0 Å². The number of hydrogen-bond acceptors (Lipinski definition) is 4. The van der Waals surface area contributed by atoms with E-state index in [9.17, 15) is 4.79 Å². The first kappa shape index (κ1) is 23.3. The van der Waals surface area contributed by atoms with Crippen molar-refractivity contribution in [1.82, 2.24) is 30.2 Å². The zero-order valence-electron chi connectivity index (χ0n) is 20.6. The number of tetrazole rings is 1. The summed E-state index contributed by atoms with van der Waals surface area (Å²) in [4.78, 5) is 16.3. The minimum atomic E-state index is 0.0124. The number of aromatic amines is 2. The standard InChI is InChI=1S/C28H34N6O/c1-3-19(2)26-25(17-20-9-5-4-6-10-20)29-28(35)34(26)18-21-13-15-22(16-14-21)23-11-7-8-12-24(23)27-30-32-33-31-27/h7-8,11-16,19-20H,3-6,9-10,17-18H2,1-2H3,(H,29,35)(H,30,31,32,33). The largest absolute Gasteiger partial charge is 0.326 e. The molecule has 0 bridgehead atoms. The summed E-state index contributed by atoms with van der Waals surface area (Å²) in [5, 5.41) is 14.4. The maximum Gasteiger partial charge on any atom is 0.326 e. The van der Waals surface area contributed by atoms with Crippen molar-refractivity contribution in [3.8, 4) is 22.5 Å². The third kappa shape index (κ3) is 4.99. The minimum Gasteiger partial charge on any atom is -0.310 e. The lowest BCUT2D eigenvalue weighted by atomic mass is 9.85. The van der Waals surface area contributed by atoms with Crippen molar-refractivity contribution in [1.29, 1.82) is 0 Å². The first-order valence-electron chi connectivity index (χ1n) is 12.9. The number of H-pyrrole nitrogens is 2. The van der Waals surface area contributed by atoms with E-state index < -0.39 is 0 Å². The zero-order chi connectivity index (χ0) is 24.2. The third-order valence-corrected chi connectivity index (χ3v) is 7.53. The van der Waals surface area contributed by atoms with Gasteiger partial charge in [0.1, 0.15) is 0 Å². The van der Waals surface area contributed by atoms with Crippen LogP contribution < -0.4 is 5.69 Å². The Morgan fingerprint density at radius 1 is 1.03 bits per heavy atom. The highest BCUT2D eigenvalue weighted by molar-refractivity contribution is 5.80. The molecule has 7 heteroatoms. The van der Waals surface area contributed by atoms with Crippen molar-refractivity contribution >= 4 is 0 Å². The molecule has 7 nitrogen and oxygen atoms in total. The zero-order valence-corrected chi connectivity index (χ0v) is 20.6. The maximum absolute atomic E-state index is 13.1. The summed E-state index contributed by atoms with van der Waals surface area (Å²) in [5.41, 5.74) is 6.57. The molecule has 1 aliphatic carbocycles. The van der Waals surface area contributed by atoms with E-state index in [0.29, 0.717) is 24.2 Å². The average Bonchev–Trinajstić information content (AvgIpc) is 3.53. The van der Waals surface area contributed by atoms with Crippen LogP contribution in [-0.4, -0.2) is 30.2 Å². The first-order chi connectivity index (χ1) is 17.1. The summed E-state index contributed by atoms with van der Waals surface area (Å²) >= 11 is 0. The Balaban J connectivity index is 1.42. The van der Waals surface area contributed by atoms with Crippen LogP contribution in [0, 0.1) is 5.92 Å². The molecule has 1 unspecified atom stereocenters. The Morgan fingerprint density at radius 2 is 1.77 bits per heavy atom. The molecule has 0 aliphatic heterocycles. The number of nitrogens with zero attached hydrogens (tertiary/aromatic N) is 4. The van der Waals surface area contributed by atoms with Gasteiger partial charge in [-0.3, -0.25) is 4.57 Å². The lowest BCUT2D eigenvalue weighted by molar-refractivity contribution is 0.353. The number of imidazole rings is 1. The van der Waals surface area contributed by atoms with E-state index in [1.54, 1.807) is 0 Å². The molecule has 5 rings (SSSR count). The van der Waals surface area contributed by atoms with Gasteiger partial charge in [-0.2, -0.15) is 0 Å². The highest BCUT2D eigenvalue weighted by Gasteiger charge is 2.23. The molecular formula is C28H34N6O. The van der Waals surface area contributed by atoms with Crippen LogP contribution in [0.4, 0.5) is 0 Å². The van der Waals surface area contributed by atoms with E-state index in [0.717, 1.165) is 40.8 Å². The van der Waals surface area contributed by atoms with Crippen LogP contribution in [0.25, 0.3) is 22.5 Å². The SMILES string of the molecule is CCC(C)c1c(CC2CCCCC2)[nH]c(=O)n1Cc1ccc(-c2ccccc2-c2nnn[nH]2)cc1. The molecule has 1 atom stereocenters. The third-order valence-electron chi connectivity index (χ3n) is 7.53. The van der Waals surface area contributed by atoms with E-state index in [1.165, 1.54) is 37.8 Å². The highest BCUT2D eigenvalue weighted by atomic mass is 16.1. The Morgan fingerprint density at radius 3 is 2.46 bits per heavy atom. The predicted molar refractivity (Wildman–Crippen MR) is 138 cm³/mol. The molecule has 182 valence electrons. The summed E-state index contributed by atoms with van der Waals surface area (Å²) in [6, 6.07) is 16.5. The molecule has 2 heterocycles. The van der Waals surface area contributed by atoms with E-state index in [4.69, 9.17) is 0 Å². The first-order valence-corrected chi connectivity index (χ1v) is 12.9. The van der Waals surface area contributed by atoms with Gasteiger partial charge in [-0.15, -0.1) is 5.10 Å². The van der Waals surface area contributed by atoms with Crippen molar-refractivity contribution in [2.75, 3.05) is 0 Å². The number of nitrogens with one attached hydrogen (secondary N) is 2. The normalized spacial score (nSPS) is 15.4. The minimum absolute atomic E-state index is 0.0124. The molecule has 1 saturated carbocycles. The number of rotatable bonds is 8. The van der Waals surface area contributed by atoms with Crippen LogP contribution in [0.3, 0.4) is 0 Å². The lowest BCUT2D eigenvalue weighted by Gasteiger charge is -2.22. The van der Waals surface area contributed by atoms with E-state index in [-0.39, 0.29) is 5.69 Å². The molecular weight excluding hydrogens is 436 g/mol. The summed E-state index contributed by atoms with van der Waals surface area (Å²) < 4.78 is 1.97. The van der Waals surface area contributed by atoms with Gasteiger partial charge in [-0.25, -0.2) is 9.89 Å². The fraction of sp³-hybridized carbons (Fsp3) is 0.429. The second-order valence-corrected chi connectivity index (χ2v) is 9.89. The summed E-state index contributed by atoms with van der Waals surface area (Å²) in [5.74, 6) is 1.68. The topological polar surface area (TPSA) is 92.2 Å². The Bertz CT molecular complexity index is 1300. The molecule has 35 heavy (non-hydrogen) atoms. The Kier molecular flexibility index (Phi) is 6.93. The van der Waals surface area contributed by atoms with Gasteiger partial charge in [-0.05, 0) is 51.8 Å². The second-order valence-electron chi connectivity index (χ2n) is 9.89. The van der Waals surface area contributed by atoms with E-state index >= 15 is 0 Å². The Hall–Kier alpha value is -3.48. The van der Waals surface area contributed by atoms with Gasteiger partial charge in [-0.1, -0.05) is 94.5 Å².